The summed E-state index contributed by atoms with van der Waals surface area (Å²) in [4.78, 5) is 0. The zero-order chi connectivity index (χ0) is 13.2. The minimum atomic E-state index is 0.325. The van der Waals surface area contributed by atoms with Gasteiger partial charge >= 0.3 is 0 Å². The normalized spacial score (nSPS) is 11.6. The van der Waals surface area contributed by atoms with E-state index in [4.69, 9.17) is 0 Å². The summed E-state index contributed by atoms with van der Waals surface area (Å²) in [7, 11) is 2.13. The Kier molecular flexibility index (Phi) is 3.51. The van der Waals surface area contributed by atoms with Crippen molar-refractivity contribution in [3.8, 4) is 11.1 Å². The van der Waals surface area contributed by atoms with E-state index in [0.717, 1.165) is 6.42 Å². The van der Waals surface area contributed by atoms with Gasteiger partial charge in [-0.05, 0) is 17.0 Å². The second kappa shape index (κ2) is 4.93. The Morgan fingerprint density at radius 2 is 1.56 bits per heavy atom. The van der Waals surface area contributed by atoms with Crippen molar-refractivity contribution in [2.45, 2.75) is 27.2 Å². The van der Waals surface area contributed by atoms with Crippen LogP contribution in [0.2, 0.25) is 0 Å². The molecule has 0 unspecified atom stereocenters. The lowest BCUT2D eigenvalue weighted by Gasteiger charge is -2.16. The van der Waals surface area contributed by atoms with Gasteiger partial charge in [0.15, 0.2) is 11.9 Å². The van der Waals surface area contributed by atoms with Gasteiger partial charge in [0.05, 0.1) is 0 Å². The standard InChI is InChI=1S/C17H22N/c1-17(2,3)12-16-11-10-15(13-18(16)4)14-8-6-5-7-9-14/h5-11,13H,12H2,1-4H3/q+1. The van der Waals surface area contributed by atoms with Crippen molar-refractivity contribution in [1.29, 1.82) is 0 Å². The lowest BCUT2D eigenvalue weighted by Crippen LogP contribution is -2.35. The Hall–Kier alpha value is -1.63. The van der Waals surface area contributed by atoms with Crippen molar-refractivity contribution < 1.29 is 4.57 Å². The van der Waals surface area contributed by atoms with Gasteiger partial charge < -0.3 is 0 Å². The molecule has 0 radical (unpaired) electrons. The summed E-state index contributed by atoms with van der Waals surface area (Å²) in [6, 6.07) is 15.0. The summed E-state index contributed by atoms with van der Waals surface area (Å²) >= 11 is 0. The molecular formula is C17H22N+. The predicted octanol–water partition coefficient (Wildman–Crippen LogP) is 3.77. The molecule has 1 aromatic carbocycles. The highest BCUT2D eigenvalue weighted by molar-refractivity contribution is 5.61. The minimum Gasteiger partial charge on any atom is -0.205 e. The van der Waals surface area contributed by atoms with Crippen molar-refractivity contribution in [3.63, 3.8) is 0 Å². The summed E-state index contributed by atoms with van der Waals surface area (Å²) in [5.41, 5.74) is 4.25. The van der Waals surface area contributed by atoms with E-state index in [1.807, 2.05) is 0 Å². The van der Waals surface area contributed by atoms with Gasteiger partial charge in [0.1, 0.15) is 7.05 Å². The molecule has 0 aliphatic carbocycles. The molecule has 18 heavy (non-hydrogen) atoms. The molecule has 2 rings (SSSR count). The first-order valence-corrected chi connectivity index (χ1v) is 6.50. The first kappa shape index (κ1) is 12.8. The van der Waals surface area contributed by atoms with Crippen LogP contribution in [-0.4, -0.2) is 0 Å². The maximum Gasteiger partial charge on any atom is 0.181 e. The summed E-state index contributed by atoms with van der Waals surface area (Å²) in [5.74, 6) is 0. The smallest absolute Gasteiger partial charge is 0.181 e. The molecule has 0 fully saturated rings. The highest BCUT2D eigenvalue weighted by atomic mass is 14.9. The lowest BCUT2D eigenvalue weighted by atomic mass is 9.90. The number of hydrogen-bond acceptors (Lipinski definition) is 0. The highest BCUT2D eigenvalue weighted by Crippen LogP contribution is 2.21. The summed E-state index contributed by atoms with van der Waals surface area (Å²) in [5, 5.41) is 0. The SMILES string of the molecule is C[n+]1cc(-c2ccccc2)ccc1CC(C)(C)C. The molecule has 0 saturated heterocycles. The molecule has 0 N–H and O–H groups in total. The molecule has 1 nitrogen and oxygen atoms in total. The van der Waals surface area contributed by atoms with Crippen LogP contribution < -0.4 is 4.57 Å². The van der Waals surface area contributed by atoms with Crippen molar-refractivity contribution >= 4 is 0 Å². The monoisotopic (exact) mass is 240 g/mol. The van der Waals surface area contributed by atoms with Gasteiger partial charge in [0.25, 0.3) is 0 Å². The van der Waals surface area contributed by atoms with Crippen molar-refractivity contribution in [1.82, 2.24) is 0 Å². The number of rotatable bonds is 2. The maximum atomic E-state index is 2.28. The predicted molar refractivity (Wildman–Crippen MR) is 76.2 cm³/mol. The van der Waals surface area contributed by atoms with Gasteiger partial charge in [0.2, 0.25) is 0 Å². The Labute approximate surface area is 110 Å². The fraction of sp³-hybridized carbons (Fsp3) is 0.353. The van der Waals surface area contributed by atoms with E-state index in [1.165, 1.54) is 16.8 Å². The first-order chi connectivity index (χ1) is 8.46. The molecule has 2 aromatic rings. The van der Waals surface area contributed by atoms with Crippen LogP contribution in [0.25, 0.3) is 11.1 Å². The minimum absolute atomic E-state index is 0.325. The summed E-state index contributed by atoms with van der Waals surface area (Å²) in [6.07, 6.45) is 3.31. The molecule has 0 spiro atoms. The number of pyridine rings is 1. The van der Waals surface area contributed by atoms with E-state index in [-0.39, 0.29) is 0 Å². The molecule has 0 atom stereocenters. The van der Waals surface area contributed by atoms with Crippen molar-refractivity contribution in [2.24, 2.45) is 12.5 Å². The molecule has 0 aliphatic heterocycles. The van der Waals surface area contributed by atoms with Crippen LogP contribution in [0.1, 0.15) is 26.5 Å². The van der Waals surface area contributed by atoms with E-state index in [1.54, 1.807) is 0 Å². The fourth-order valence-corrected chi connectivity index (χ4v) is 2.17. The topological polar surface area (TPSA) is 3.88 Å². The van der Waals surface area contributed by atoms with Gasteiger partial charge in [-0.3, -0.25) is 0 Å². The van der Waals surface area contributed by atoms with E-state index < -0.39 is 0 Å². The van der Waals surface area contributed by atoms with Crippen LogP contribution >= 0.6 is 0 Å². The summed E-state index contributed by atoms with van der Waals surface area (Å²) in [6.45, 7) is 6.83. The van der Waals surface area contributed by atoms with Gasteiger partial charge in [-0.1, -0.05) is 51.1 Å². The Morgan fingerprint density at radius 1 is 0.889 bits per heavy atom. The molecule has 1 heteroatoms. The average Bonchev–Trinajstić information content (AvgIpc) is 2.31. The number of benzene rings is 1. The van der Waals surface area contributed by atoms with Crippen LogP contribution in [0, 0.1) is 5.41 Å². The molecule has 94 valence electrons. The van der Waals surface area contributed by atoms with Crippen LogP contribution in [0.4, 0.5) is 0 Å². The highest BCUT2D eigenvalue weighted by Gasteiger charge is 2.18. The fourth-order valence-electron chi connectivity index (χ4n) is 2.17. The number of aromatic nitrogens is 1. The Balaban J connectivity index is 2.31. The van der Waals surface area contributed by atoms with Gasteiger partial charge in [-0.2, -0.15) is 0 Å². The van der Waals surface area contributed by atoms with Gasteiger partial charge in [-0.15, -0.1) is 0 Å². The third-order valence-corrected chi connectivity index (χ3v) is 3.06. The van der Waals surface area contributed by atoms with Gasteiger partial charge in [0, 0.05) is 18.1 Å². The number of hydrogen-bond donors (Lipinski definition) is 0. The Morgan fingerprint density at radius 3 is 2.11 bits per heavy atom. The van der Waals surface area contributed by atoms with E-state index in [2.05, 4.69) is 81.0 Å². The van der Waals surface area contributed by atoms with Crippen molar-refractivity contribution in [2.75, 3.05) is 0 Å². The van der Waals surface area contributed by atoms with E-state index in [9.17, 15) is 0 Å². The molecule has 0 amide bonds. The molecular weight excluding hydrogens is 218 g/mol. The quantitative estimate of drug-likeness (QED) is 0.704. The molecule has 0 aliphatic rings. The lowest BCUT2D eigenvalue weighted by molar-refractivity contribution is -0.679. The third-order valence-electron chi connectivity index (χ3n) is 3.06. The molecule has 0 bridgehead atoms. The third kappa shape index (κ3) is 3.19. The van der Waals surface area contributed by atoms with Crippen LogP contribution in [-0.2, 0) is 13.5 Å². The van der Waals surface area contributed by atoms with Gasteiger partial charge in [-0.25, -0.2) is 4.57 Å². The van der Waals surface area contributed by atoms with Crippen LogP contribution in [0.5, 0.6) is 0 Å². The zero-order valence-electron chi connectivity index (χ0n) is 11.8. The average molecular weight is 240 g/mol. The van der Waals surface area contributed by atoms with E-state index in [0.29, 0.717) is 5.41 Å². The first-order valence-electron chi connectivity index (χ1n) is 6.50. The Bertz CT molecular complexity index is 521. The molecule has 1 aromatic heterocycles. The zero-order valence-corrected chi connectivity index (χ0v) is 11.8. The summed E-state index contributed by atoms with van der Waals surface area (Å²) < 4.78 is 2.24. The molecule has 0 saturated carbocycles. The van der Waals surface area contributed by atoms with E-state index >= 15 is 0 Å². The van der Waals surface area contributed by atoms with Crippen LogP contribution in [0.15, 0.2) is 48.7 Å². The van der Waals surface area contributed by atoms with Crippen molar-refractivity contribution in [3.05, 3.63) is 54.4 Å². The number of aryl methyl sites for hydroxylation is 1. The number of nitrogens with zero attached hydrogens (tertiary/aromatic N) is 1. The molecule has 1 heterocycles. The largest absolute Gasteiger partial charge is 0.205 e. The maximum absolute atomic E-state index is 2.28. The second-order valence-electron chi connectivity index (χ2n) is 6.12. The van der Waals surface area contributed by atoms with Crippen LogP contribution in [0.3, 0.4) is 0 Å². The second-order valence-corrected chi connectivity index (χ2v) is 6.12.